The Balaban J connectivity index is 1.97. The zero-order chi connectivity index (χ0) is 16.6. The van der Waals surface area contributed by atoms with Gasteiger partial charge in [-0.2, -0.15) is 22.1 Å². The molecule has 1 fully saturated rings. The smallest absolute Gasteiger partial charge is 0.266 e. The summed E-state index contributed by atoms with van der Waals surface area (Å²) in [7, 11) is 1.54. The highest BCUT2D eigenvalue weighted by Crippen LogP contribution is 2.34. The highest BCUT2D eigenvalue weighted by Gasteiger charge is 2.37. The van der Waals surface area contributed by atoms with Gasteiger partial charge in [0.25, 0.3) is 10.2 Å². The molecule has 1 atom stereocenters. The minimum atomic E-state index is -3.44. The predicted octanol–water partition coefficient (Wildman–Crippen LogP) is 1.43. The fourth-order valence-corrected chi connectivity index (χ4v) is 4.24. The highest BCUT2D eigenvalue weighted by molar-refractivity contribution is 7.86. The minimum Gasteiger partial charge on any atom is -0.266 e. The van der Waals surface area contributed by atoms with Gasteiger partial charge in [-0.15, -0.1) is 0 Å². The van der Waals surface area contributed by atoms with Gasteiger partial charge in [0, 0.05) is 33.9 Å². The topological polar surface area (TPSA) is 71.3 Å². The molecule has 0 unspecified atom stereocenters. The van der Waals surface area contributed by atoms with Gasteiger partial charge in [0.2, 0.25) is 0 Å². The lowest BCUT2D eigenvalue weighted by molar-refractivity contribution is 0.358. The van der Waals surface area contributed by atoms with Crippen LogP contribution in [0.1, 0.15) is 24.6 Å². The Hall–Kier alpha value is -1.77. The first-order valence-electron chi connectivity index (χ1n) is 7.56. The van der Waals surface area contributed by atoms with Crippen LogP contribution in [0.2, 0.25) is 0 Å². The third kappa shape index (κ3) is 2.89. The van der Waals surface area contributed by atoms with Gasteiger partial charge in [-0.1, -0.05) is 6.07 Å². The van der Waals surface area contributed by atoms with Gasteiger partial charge in [0.1, 0.15) is 0 Å². The molecule has 2 aromatic rings. The lowest BCUT2D eigenvalue weighted by atomic mass is 10.1. The zero-order valence-electron chi connectivity index (χ0n) is 13.5. The minimum absolute atomic E-state index is 0.212. The van der Waals surface area contributed by atoms with Crippen molar-refractivity contribution in [3.63, 3.8) is 0 Å². The summed E-state index contributed by atoms with van der Waals surface area (Å²) < 4.78 is 29.6. The fraction of sp³-hybridized carbons (Fsp3) is 0.467. The van der Waals surface area contributed by atoms with Gasteiger partial charge < -0.3 is 0 Å². The zero-order valence-corrected chi connectivity index (χ0v) is 14.4. The number of pyridine rings is 1. The summed E-state index contributed by atoms with van der Waals surface area (Å²) in [6.07, 6.45) is 3.35. The summed E-state index contributed by atoms with van der Waals surface area (Å²) in [6, 6.07) is 7.42. The van der Waals surface area contributed by atoms with Crippen molar-refractivity contribution < 1.29 is 8.42 Å². The van der Waals surface area contributed by atoms with Gasteiger partial charge in [-0.05, 0) is 31.0 Å². The van der Waals surface area contributed by atoms with Crippen molar-refractivity contribution in [1.29, 1.82) is 0 Å². The number of nitrogens with zero attached hydrogens (tertiary/aromatic N) is 5. The fourth-order valence-electron chi connectivity index (χ4n) is 2.93. The molecular formula is C15H21N5O2S. The number of hydrogen-bond donors (Lipinski definition) is 0. The summed E-state index contributed by atoms with van der Waals surface area (Å²) in [4.78, 5) is 4.70. The van der Waals surface area contributed by atoms with Crippen LogP contribution in [0, 0.1) is 0 Å². The van der Waals surface area contributed by atoms with E-state index in [-0.39, 0.29) is 6.04 Å². The molecule has 8 heteroatoms. The molecule has 3 rings (SSSR count). The second kappa shape index (κ2) is 6.03. The van der Waals surface area contributed by atoms with Crippen molar-refractivity contribution in [1.82, 2.24) is 23.4 Å². The van der Waals surface area contributed by atoms with Crippen molar-refractivity contribution in [3.8, 4) is 11.4 Å². The molecule has 0 saturated carbocycles. The molecule has 124 valence electrons. The lowest BCUT2D eigenvalue weighted by Crippen LogP contribution is -2.39. The largest absolute Gasteiger partial charge is 0.282 e. The van der Waals surface area contributed by atoms with Crippen molar-refractivity contribution in [3.05, 3.63) is 36.2 Å². The third-order valence-corrected chi connectivity index (χ3v) is 6.11. The summed E-state index contributed by atoms with van der Waals surface area (Å²) in [5.74, 6) is 0. The molecule has 23 heavy (non-hydrogen) atoms. The van der Waals surface area contributed by atoms with E-state index in [0.29, 0.717) is 6.54 Å². The summed E-state index contributed by atoms with van der Waals surface area (Å²) in [5, 5.41) is 4.16. The quantitative estimate of drug-likeness (QED) is 0.847. The Morgan fingerprint density at radius 2 is 2.04 bits per heavy atom. The van der Waals surface area contributed by atoms with E-state index in [1.807, 2.05) is 31.3 Å². The van der Waals surface area contributed by atoms with E-state index < -0.39 is 10.2 Å². The molecule has 1 aliphatic heterocycles. The normalized spacial score (nSPS) is 19.6. The van der Waals surface area contributed by atoms with Gasteiger partial charge in [0.05, 0.1) is 23.1 Å². The molecular weight excluding hydrogens is 314 g/mol. The van der Waals surface area contributed by atoms with Gasteiger partial charge in [0.15, 0.2) is 0 Å². The highest BCUT2D eigenvalue weighted by atomic mass is 32.2. The maximum Gasteiger partial charge on any atom is 0.282 e. The molecule has 0 aromatic carbocycles. The number of aryl methyl sites for hydroxylation is 1. The van der Waals surface area contributed by atoms with Crippen LogP contribution in [0.15, 0.2) is 30.5 Å². The van der Waals surface area contributed by atoms with E-state index >= 15 is 0 Å². The monoisotopic (exact) mass is 335 g/mol. The van der Waals surface area contributed by atoms with Crippen LogP contribution >= 0.6 is 0 Å². The summed E-state index contributed by atoms with van der Waals surface area (Å²) >= 11 is 0. The van der Waals surface area contributed by atoms with Crippen LogP contribution < -0.4 is 0 Å². The molecule has 3 heterocycles. The molecule has 1 saturated heterocycles. The average molecular weight is 335 g/mol. The molecule has 0 bridgehead atoms. The summed E-state index contributed by atoms with van der Waals surface area (Å²) in [6.45, 7) is 0.531. The Bertz CT molecular complexity index is 800. The first-order valence-corrected chi connectivity index (χ1v) is 8.95. The predicted molar refractivity (Wildman–Crippen MR) is 87.7 cm³/mol. The number of aromatic nitrogens is 3. The molecule has 0 radical (unpaired) electrons. The molecule has 0 N–H and O–H groups in total. The van der Waals surface area contributed by atoms with Crippen LogP contribution in [0.4, 0.5) is 0 Å². The van der Waals surface area contributed by atoms with E-state index in [1.165, 1.54) is 4.31 Å². The Kier molecular flexibility index (Phi) is 4.22. The van der Waals surface area contributed by atoms with Crippen LogP contribution in [-0.4, -0.2) is 52.4 Å². The molecule has 0 aliphatic carbocycles. The van der Waals surface area contributed by atoms with Crippen LogP contribution in [0.5, 0.6) is 0 Å². The second-order valence-corrected chi connectivity index (χ2v) is 7.94. The van der Waals surface area contributed by atoms with Gasteiger partial charge >= 0.3 is 0 Å². The standard InChI is InChI=1S/C15H21N5O2S/c1-18(2)23(21,22)20-11-5-8-15(20)13-7-4-6-12(17-13)14-9-10-16-19(14)3/h4,6-7,9-10,15H,5,8,11H2,1-3H3/t15-/m0/s1. The maximum absolute atomic E-state index is 12.5. The second-order valence-electron chi connectivity index (χ2n) is 5.85. The Morgan fingerprint density at radius 3 is 2.70 bits per heavy atom. The number of hydrogen-bond acceptors (Lipinski definition) is 4. The van der Waals surface area contributed by atoms with Crippen molar-refractivity contribution in [2.45, 2.75) is 18.9 Å². The van der Waals surface area contributed by atoms with E-state index in [0.717, 1.165) is 29.9 Å². The van der Waals surface area contributed by atoms with Crippen LogP contribution in [0.3, 0.4) is 0 Å². The van der Waals surface area contributed by atoms with Gasteiger partial charge in [-0.25, -0.2) is 4.98 Å². The third-order valence-electron chi connectivity index (χ3n) is 4.16. The molecule has 0 amide bonds. The SMILES string of the molecule is CN(C)S(=O)(=O)N1CCC[C@H]1c1cccc(-c2ccnn2C)n1. The summed E-state index contributed by atoms with van der Waals surface area (Å²) in [5.41, 5.74) is 2.50. The van der Waals surface area contributed by atoms with Crippen LogP contribution in [-0.2, 0) is 17.3 Å². The Labute approximate surface area is 136 Å². The van der Waals surface area contributed by atoms with Crippen LogP contribution in [0.25, 0.3) is 11.4 Å². The molecule has 2 aromatic heterocycles. The average Bonchev–Trinajstić information content (AvgIpc) is 3.16. The van der Waals surface area contributed by atoms with Crippen molar-refractivity contribution in [2.75, 3.05) is 20.6 Å². The van der Waals surface area contributed by atoms with E-state index in [2.05, 4.69) is 5.10 Å². The van der Waals surface area contributed by atoms with Crippen molar-refractivity contribution >= 4 is 10.2 Å². The van der Waals surface area contributed by atoms with Crippen molar-refractivity contribution in [2.24, 2.45) is 7.05 Å². The molecule has 0 spiro atoms. The Morgan fingerprint density at radius 1 is 1.26 bits per heavy atom. The number of rotatable bonds is 4. The first kappa shape index (κ1) is 16.1. The molecule has 1 aliphatic rings. The first-order chi connectivity index (χ1) is 10.9. The maximum atomic E-state index is 12.5. The van der Waals surface area contributed by atoms with E-state index in [4.69, 9.17) is 4.98 Å². The van der Waals surface area contributed by atoms with E-state index in [9.17, 15) is 8.42 Å². The van der Waals surface area contributed by atoms with E-state index in [1.54, 1.807) is 29.3 Å². The molecule has 7 nitrogen and oxygen atoms in total. The van der Waals surface area contributed by atoms with Gasteiger partial charge in [-0.3, -0.25) is 4.68 Å². The lowest BCUT2D eigenvalue weighted by Gasteiger charge is -2.26.